The molecular formula is C13H20N2O2. The monoisotopic (exact) mass is 236 g/mol. The van der Waals surface area contributed by atoms with E-state index >= 15 is 0 Å². The smallest absolute Gasteiger partial charge is 0.243 e. The summed E-state index contributed by atoms with van der Waals surface area (Å²) in [6.07, 6.45) is 1.27. The van der Waals surface area contributed by atoms with Gasteiger partial charge in [-0.25, -0.2) is 0 Å². The van der Waals surface area contributed by atoms with Crippen LogP contribution in [0.15, 0.2) is 24.3 Å². The molecule has 4 heteroatoms. The number of rotatable bonds is 6. The number of anilines is 1. The van der Waals surface area contributed by atoms with Crippen molar-refractivity contribution in [2.45, 2.75) is 32.2 Å². The highest BCUT2D eigenvalue weighted by molar-refractivity contribution is 5.88. The Hall–Kier alpha value is -1.71. The second kappa shape index (κ2) is 5.57. The molecular weight excluding hydrogens is 216 g/mol. The number of nitrogens with two attached hydrogens (primary N) is 1. The van der Waals surface area contributed by atoms with Crippen LogP contribution in [0.25, 0.3) is 0 Å². The maximum absolute atomic E-state index is 11.6. The molecule has 1 rings (SSSR count). The van der Waals surface area contributed by atoms with E-state index < -0.39 is 5.54 Å². The summed E-state index contributed by atoms with van der Waals surface area (Å²) in [6.45, 7) is 3.88. The Morgan fingerprint density at radius 2 is 1.94 bits per heavy atom. The van der Waals surface area contributed by atoms with Gasteiger partial charge in [-0.2, -0.15) is 0 Å². The molecule has 0 heterocycles. The molecule has 94 valence electrons. The van der Waals surface area contributed by atoms with Crippen LogP contribution in [0.5, 0.6) is 5.75 Å². The lowest BCUT2D eigenvalue weighted by Gasteiger charge is -2.31. The van der Waals surface area contributed by atoms with Crippen LogP contribution in [-0.4, -0.2) is 18.6 Å². The number of primary amides is 1. The van der Waals surface area contributed by atoms with Crippen molar-refractivity contribution in [2.24, 2.45) is 5.73 Å². The van der Waals surface area contributed by atoms with Gasteiger partial charge in [-0.1, -0.05) is 26.0 Å². The number of carbonyl (C=O) groups excluding carboxylic acids is 1. The SMILES string of the molecule is CCC(CC)(Nc1ccccc1OC)C(N)=O. The number of nitrogens with one attached hydrogen (secondary N) is 1. The largest absolute Gasteiger partial charge is 0.495 e. The van der Waals surface area contributed by atoms with Gasteiger partial charge < -0.3 is 15.8 Å². The molecule has 0 bridgehead atoms. The summed E-state index contributed by atoms with van der Waals surface area (Å²) in [4.78, 5) is 11.6. The van der Waals surface area contributed by atoms with Crippen LogP contribution in [0.2, 0.25) is 0 Å². The predicted octanol–water partition coefficient (Wildman–Crippen LogP) is 2.15. The second-order valence-electron chi connectivity index (χ2n) is 3.98. The first-order valence-electron chi connectivity index (χ1n) is 5.80. The van der Waals surface area contributed by atoms with Crippen LogP contribution in [0.3, 0.4) is 0 Å². The number of carbonyl (C=O) groups is 1. The number of amides is 1. The Labute approximate surface area is 102 Å². The third-order valence-corrected chi connectivity index (χ3v) is 3.16. The number of hydrogen-bond donors (Lipinski definition) is 2. The summed E-state index contributed by atoms with van der Waals surface area (Å²) in [5.41, 5.74) is 5.57. The molecule has 1 aromatic rings. The summed E-state index contributed by atoms with van der Waals surface area (Å²) in [7, 11) is 1.60. The standard InChI is InChI=1S/C13H20N2O2/c1-4-13(5-2,12(14)16)15-10-8-6-7-9-11(10)17-3/h6-9,15H,4-5H2,1-3H3,(H2,14,16). The van der Waals surface area contributed by atoms with Gasteiger partial charge in [0, 0.05) is 0 Å². The van der Waals surface area contributed by atoms with E-state index in [1.165, 1.54) is 0 Å². The van der Waals surface area contributed by atoms with Crippen molar-refractivity contribution < 1.29 is 9.53 Å². The van der Waals surface area contributed by atoms with Crippen molar-refractivity contribution in [3.05, 3.63) is 24.3 Å². The minimum absolute atomic E-state index is 0.339. The molecule has 4 nitrogen and oxygen atoms in total. The minimum atomic E-state index is -0.714. The average Bonchev–Trinajstić information content (AvgIpc) is 2.36. The molecule has 0 saturated carbocycles. The average molecular weight is 236 g/mol. The Kier molecular flexibility index (Phi) is 4.37. The first kappa shape index (κ1) is 13.4. The fourth-order valence-electron chi connectivity index (χ4n) is 1.84. The fraction of sp³-hybridized carbons (Fsp3) is 0.462. The zero-order valence-electron chi connectivity index (χ0n) is 10.6. The lowest BCUT2D eigenvalue weighted by molar-refractivity contribution is -0.122. The van der Waals surface area contributed by atoms with E-state index in [0.29, 0.717) is 18.6 Å². The Morgan fingerprint density at radius 3 is 2.41 bits per heavy atom. The van der Waals surface area contributed by atoms with E-state index in [9.17, 15) is 4.79 Å². The molecule has 0 aliphatic rings. The van der Waals surface area contributed by atoms with Crippen LogP contribution < -0.4 is 15.8 Å². The highest BCUT2D eigenvalue weighted by Crippen LogP contribution is 2.29. The summed E-state index contributed by atoms with van der Waals surface area (Å²) in [5.74, 6) is 0.369. The fourth-order valence-corrected chi connectivity index (χ4v) is 1.84. The first-order valence-corrected chi connectivity index (χ1v) is 5.80. The molecule has 0 unspecified atom stereocenters. The van der Waals surface area contributed by atoms with E-state index in [2.05, 4.69) is 5.32 Å². The maximum atomic E-state index is 11.6. The second-order valence-corrected chi connectivity index (χ2v) is 3.98. The van der Waals surface area contributed by atoms with Crippen LogP contribution in [0.4, 0.5) is 5.69 Å². The number of hydrogen-bond acceptors (Lipinski definition) is 3. The van der Waals surface area contributed by atoms with Gasteiger partial charge in [0.25, 0.3) is 0 Å². The van der Waals surface area contributed by atoms with Crippen LogP contribution >= 0.6 is 0 Å². The summed E-state index contributed by atoms with van der Waals surface area (Å²) in [5, 5.41) is 3.21. The molecule has 0 aliphatic carbocycles. The first-order chi connectivity index (χ1) is 8.09. The normalized spacial score (nSPS) is 11.0. The van der Waals surface area contributed by atoms with Gasteiger partial charge >= 0.3 is 0 Å². The zero-order chi connectivity index (χ0) is 12.9. The van der Waals surface area contributed by atoms with Crippen molar-refractivity contribution >= 4 is 11.6 Å². The number of ether oxygens (including phenoxy) is 1. The molecule has 0 fully saturated rings. The molecule has 3 N–H and O–H groups in total. The van der Waals surface area contributed by atoms with E-state index in [4.69, 9.17) is 10.5 Å². The molecule has 0 saturated heterocycles. The third kappa shape index (κ3) is 2.70. The summed E-state index contributed by atoms with van der Waals surface area (Å²) in [6, 6.07) is 7.50. The van der Waals surface area contributed by atoms with Gasteiger partial charge in [-0.05, 0) is 25.0 Å². The summed E-state index contributed by atoms with van der Waals surface area (Å²) < 4.78 is 5.25. The van der Waals surface area contributed by atoms with Crippen LogP contribution in [0.1, 0.15) is 26.7 Å². The minimum Gasteiger partial charge on any atom is -0.495 e. The van der Waals surface area contributed by atoms with E-state index in [-0.39, 0.29) is 5.91 Å². The summed E-state index contributed by atoms with van der Waals surface area (Å²) >= 11 is 0. The Balaban J connectivity index is 3.05. The van der Waals surface area contributed by atoms with Crippen LogP contribution in [-0.2, 0) is 4.79 Å². The van der Waals surface area contributed by atoms with E-state index in [1.54, 1.807) is 7.11 Å². The number of para-hydroxylation sites is 2. The van der Waals surface area contributed by atoms with Gasteiger partial charge in [0.15, 0.2) is 0 Å². The van der Waals surface area contributed by atoms with Gasteiger partial charge in [-0.15, -0.1) is 0 Å². The molecule has 1 amide bonds. The van der Waals surface area contributed by atoms with Crippen LogP contribution in [0, 0.1) is 0 Å². The lowest BCUT2D eigenvalue weighted by Crippen LogP contribution is -2.49. The molecule has 0 radical (unpaired) electrons. The predicted molar refractivity (Wildman–Crippen MR) is 69.1 cm³/mol. The lowest BCUT2D eigenvalue weighted by atomic mass is 9.91. The van der Waals surface area contributed by atoms with Crippen molar-refractivity contribution in [3.8, 4) is 5.75 Å². The van der Waals surface area contributed by atoms with Crippen molar-refractivity contribution in [1.29, 1.82) is 0 Å². The zero-order valence-corrected chi connectivity index (χ0v) is 10.6. The molecule has 0 atom stereocenters. The topological polar surface area (TPSA) is 64.3 Å². The molecule has 1 aromatic carbocycles. The maximum Gasteiger partial charge on any atom is 0.243 e. The molecule has 0 spiro atoms. The molecule has 17 heavy (non-hydrogen) atoms. The Bertz CT molecular complexity index is 387. The molecule has 0 aliphatic heterocycles. The van der Waals surface area contributed by atoms with Crippen molar-refractivity contribution in [3.63, 3.8) is 0 Å². The highest BCUT2D eigenvalue weighted by atomic mass is 16.5. The molecule has 0 aromatic heterocycles. The quantitative estimate of drug-likeness (QED) is 0.795. The van der Waals surface area contributed by atoms with Crippen molar-refractivity contribution in [1.82, 2.24) is 0 Å². The van der Waals surface area contributed by atoms with Gasteiger partial charge in [0.05, 0.1) is 12.8 Å². The number of benzene rings is 1. The van der Waals surface area contributed by atoms with E-state index in [0.717, 1.165) is 5.69 Å². The number of methoxy groups -OCH3 is 1. The van der Waals surface area contributed by atoms with Crippen molar-refractivity contribution in [2.75, 3.05) is 12.4 Å². The van der Waals surface area contributed by atoms with Gasteiger partial charge in [0.2, 0.25) is 5.91 Å². The van der Waals surface area contributed by atoms with Gasteiger partial charge in [-0.3, -0.25) is 4.79 Å². The third-order valence-electron chi connectivity index (χ3n) is 3.16. The van der Waals surface area contributed by atoms with Gasteiger partial charge in [0.1, 0.15) is 11.3 Å². The van der Waals surface area contributed by atoms with E-state index in [1.807, 2.05) is 38.1 Å². The Morgan fingerprint density at radius 1 is 1.35 bits per heavy atom. The highest BCUT2D eigenvalue weighted by Gasteiger charge is 2.33.